The molecule has 4 N–H and O–H groups in total. The van der Waals surface area contributed by atoms with E-state index in [1.54, 1.807) is 31.3 Å². The van der Waals surface area contributed by atoms with E-state index in [4.69, 9.17) is 11.5 Å². The van der Waals surface area contributed by atoms with Crippen molar-refractivity contribution in [3.05, 3.63) is 58.7 Å². The van der Waals surface area contributed by atoms with Gasteiger partial charge in [0, 0.05) is 17.5 Å². The molecule has 1 aliphatic carbocycles. The Bertz CT molecular complexity index is 1020. The zero-order chi connectivity index (χ0) is 19.1. The van der Waals surface area contributed by atoms with Crippen LogP contribution in [-0.4, -0.2) is 30.3 Å². The fourth-order valence-electron chi connectivity index (χ4n) is 3.41. The second-order valence-electron chi connectivity index (χ2n) is 6.39. The summed E-state index contributed by atoms with van der Waals surface area (Å²) in [5.41, 5.74) is 13.8. The maximum absolute atomic E-state index is 14.3. The first-order valence-corrected chi connectivity index (χ1v) is 9.85. The lowest BCUT2D eigenvalue weighted by atomic mass is 9.81. The highest BCUT2D eigenvalue weighted by molar-refractivity contribution is 7.89. The van der Waals surface area contributed by atoms with Gasteiger partial charge in [0.25, 0.3) is 0 Å². The monoisotopic (exact) mass is 377 g/mol. The summed E-state index contributed by atoms with van der Waals surface area (Å²) in [6.07, 6.45) is 3.46. The summed E-state index contributed by atoms with van der Waals surface area (Å²) in [4.78, 5) is 0. The summed E-state index contributed by atoms with van der Waals surface area (Å²) in [6.45, 7) is 1.80. The van der Waals surface area contributed by atoms with Gasteiger partial charge in [-0.1, -0.05) is 18.2 Å². The number of hydrogen-bond acceptors (Lipinski definition) is 4. The van der Waals surface area contributed by atoms with Crippen LogP contribution >= 0.6 is 0 Å². The molecule has 7 nitrogen and oxygen atoms in total. The third-order valence-corrected chi connectivity index (χ3v) is 5.46. The van der Waals surface area contributed by atoms with Crippen molar-refractivity contribution in [2.24, 2.45) is 21.7 Å². The average Bonchev–Trinajstić information content (AvgIpc) is 2.90. The smallest absolute Gasteiger partial charge is 0.235 e. The number of rotatable bonds is 3. The van der Waals surface area contributed by atoms with Gasteiger partial charge in [0.2, 0.25) is 16.0 Å². The van der Waals surface area contributed by atoms with Gasteiger partial charge in [-0.25, -0.2) is 16.8 Å². The number of halogens is 1. The molecule has 0 aliphatic heterocycles. The Hall–Kier alpha value is -2.68. The minimum absolute atomic E-state index is 0.202. The Kier molecular flexibility index (Phi) is 4.57. The van der Waals surface area contributed by atoms with Crippen LogP contribution in [0.1, 0.15) is 34.7 Å². The molecule has 1 heterocycles. The highest BCUT2D eigenvalue weighted by atomic mass is 32.2. The fraction of sp³-hybridized carbons (Fsp3) is 0.294. The Morgan fingerprint density at radius 3 is 2.58 bits per heavy atom. The van der Waals surface area contributed by atoms with Gasteiger partial charge in [0.1, 0.15) is 5.82 Å². The Balaban J connectivity index is 2.20. The lowest BCUT2D eigenvalue weighted by molar-refractivity contribution is 0.567. The number of hydrogen-bond donors (Lipinski definition) is 2. The molecule has 2 aromatic rings. The van der Waals surface area contributed by atoms with Crippen molar-refractivity contribution in [2.45, 2.75) is 25.7 Å². The van der Waals surface area contributed by atoms with Crippen LogP contribution in [0, 0.1) is 12.7 Å². The summed E-state index contributed by atoms with van der Waals surface area (Å²) in [6, 6.07) is 6.45. The third kappa shape index (κ3) is 3.34. The van der Waals surface area contributed by atoms with Crippen molar-refractivity contribution in [2.75, 3.05) is 6.26 Å². The van der Waals surface area contributed by atoms with Crippen LogP contribution in [0.25, 0.3) is 0 Å². The topological polar surface area (TPSA) is 116 Å². The molecule has 1 aliphatic rings. The summed E-state index contributed by atoms with van der Waals surface area (Å²) in [7, 11) is -3.51. The number of guanidine groups is 1. The Labute approximate surface area is 151 Å². The van der Waals surface area contributed by atoms with E-state index >= 15 is 0 Å². The zero-order valence-corrected chi connectivity index (χ0v) is 15.3. The molecule has 1 aromatic heterocycles. The third-order valence-electron chi connectivity index (χ3n) is 4.42. The highest BCUT2D eigenvalue weighted by Gasteiger charge is 2.32. The molecule has 0 amide bonds. The normalized spacial score (nSPS) is 18.6. The van der Waals surface area contributed by atoms with E-state index in [2.05, 4.69) is 10.2 Å². The van der Waals surface area contributed by atoms with Gasteiger partial charge in [0.15, 0.2) is 0 Å². The van der Waals surface area contributed by atoms with Gasteiger partial charge >= 0.3 is 0 Å². The van der Waals surface area contributed by atoms with Crippen molar-refractivity contribution in [1.29, 1.82) is 0 Å². The molecule has 0 saturated heterocycles. The molecular formula is C17H20FN5O2S. The van der Waals surface area contributed by atoms with E-state index < -0.39 is 10.0 Å². The van der Waals surface area contributed by atoms with Gasteiger partial charge in [-0.05, 0) is 42.9 Å². The van der Waals surface area contributed by atoms with Crippen LogP contribution in [0.15, 0.2) is 40.7 Å². The molecule has 3 rings (SSSR count). The van der Waals surface area contributed by atoms with Gasteiger partial charge in [-0.3, -0.25) is 0 Å². The molecule has 26 heavy (non-hydrogen) atoms. The molecule has 1 unspecified atom stereocenters. The second-order valence-corrected chi connectivity index (χ2v) is 8.25. The molecule has 1 atom stereocenters. The van der Waals surface area contributed by atoms with Crippen LogP contribution in [-0.2, 0) is 16.4 Å². The van der Waals surface area contributed by atoms with Gasteiger partial charge in [0.05, 0.1) is 12.0 Å². The molecule has 0 fully saturated rings. The van der Waals surface area contributed by atoms with E-state index in [9.17, 15) is 12.8 Å². The first-order valence-electron chi connectivity index (χ1n) is 8.00. The van der Waals surface area contributed by atoms with Crippen molar-refractivity contribution in [3.63, 3.8) is 0 Å². The lowest BCUT2D eigenvalue weighted by Gasteiger charge is -2.25. The van der Waals surface area contributed by atoms with Crippen LogP contribution in [0.2, 0.25) is 0 Å². The first kappa shape index (κ1) is 18.1. The summed E-state index contributed by atoms with van der Waals surface area (Å²) in [5, 5.41) is 7.83. The Morgan fingerprint density at radius 1 is 1.27 bits per heavy atom. The highest BCUT2D eigenvalue weighted by Crippen LogP contribution is 2.37. The fourth-order valence-corrected chi connectivity index (χ4v) is 4.33. The molecule has 0 radical (unpaired) electrons. The van der Waals surface area contributed by atoms with E-state index in [1.165, 1.54) is 10.0 Å². The van der Waals surface area contributed by atoms with E-state index in [-0.39, 0.29) is 17.7 Å². The molecule has 138 valence electrons. The van der Waals surface area contributed by atoms with E-state index in [0.717, 1.165) is 11.8 Å². The van der Waals surface area contributed by atoms with Crippen LogP contribution in [0.4, 0.5) is 4.39 Å². The number of nitrogens with zero attached hydrogens (tertiary/aromatic N) is 3. The van der Waals surface area contributed by atoms with Crippen LogP contribution in [0.5, 0.6) is 0 Å². The van der Waals surface area contributed by atoms with Gasteiger partial charge in [-0.15, -0.1) is 5.10 Å². The Morgan fingerprint density at radius 2 is 1.96 bits per heavy atom. The van der Waals surface area contributed by atoms with Crippen molar-refractivity contribution >= 4 is 21.7 Å². The molecule has 1 aromatic carbocycles. The molecule has 0 spiro atoms. The number of benzene rings is 1. The molecule has 0 bridgehead atoms. The maximum Gasteiger partial charge on any atom is 0.235 e. The first-order chi connectivity index (χ1) is 12.2. The molecule has 9 heteroatoms. The lowest BCUT2D eigenvalue weighted by Crippen LogP contribution is -2.25. The molecular weight excluding hydrogens is 357 g/mol. The van der Waals surface area contributed by atoms with E-state index in [0.29, 0.717) is 35.4 Å². The maximum atomic E-state index is 14.3. The van der Waals surface area contributed by atoms with Crippen molar-refractivity contribution in [1.82, 2.24) is 3.97 Å². The second kappa shape index (κ2) is 6.56. The summed E-state index contributed by atoms with van der Waals surface area (Å²) < 4.78 is 39.9. The van der Waals surface area contributed by atoms with Gasteiger partial charge in [-0.2, -0.15) is 5.10 Å². The van der Waals surface area contributed by atoms with Gasteiger partial charge < -0.3 is 11.5 Å². The number of aromatic nitrogens is 1. The summed E-state index contributed by atoms with van der Waals surface area (Å²) in [5.74, 6) is -0.810. The predicted octanol–water partition coefficient (Wildman–Crippen LogP) is 1.45. The minimum Gasteiger partial charge on any atom is -0.369 e. The molecule has 0 saturated carbocycles. The zero-order valence-electron chi connectivity index (χ0n) is 14.5. The number of nitrogens with two attached hydrogens (primary N) is 2. The average molecular weight is 377 g/mol. The van der Waals surface area contributed by atoms with Crippen LogP contribution in [0.3, 0.4) is 0 Å². The quantitative estimate of drug-likeness (QED) is 0.478. The number of aryl methyl sites for hydroxylation is 1. The summed E-state index contributed by atoms with van der Waals surface area (Å²) >= 11 is 0. The van der Waals surface area contributed by atoms with Crippen LogP contribution < -0.4 is 11.5 Å². The predicted molar refractivity (Wildman–Crippen MR) is 99.2 cm³/mol. The van der Waals surface area contributed by atoms with Crippen molar-refractivity contribution < 1.29 is 12.8 Å². The largest absolute Gasteiger partial charge is 0.369 e. The number of fused-ring (bicyclic) bond motifs is 1. The SMILES string of the molecule is Cc1cn(S(C)(=O)=O)c2c1C(=NN=C(N)N)CC(c1ccccc1F)C2. The minimum atomic E-state index is -3.51. The van der Waals surface area contributed by atoms with Crippen molar-refractivity contribution in [3.8, 4) is 0 Å². The van der Waals surface area contributed by atoms with E-state index in [1.807, 2.05) is 0 Å². The standard InChI is InChI=1S/C17H20FN5O2S/c1-10-9-23(26(2,24)25)15-8-11(12-5-3-4-6-13(12)18)7-14(16(10)15)21-22-17(19)20/h3-6,9,11H,7-8H2,1-2H3,(H4,19,20,22).